The average molecular weight is 277 g/mol. The summed E-state index contributed by atoms with van der Waals surface area (Å²) in [5.41, 5.74) is 2.30. The van der Waals surface area contributed by atoms with Gasteiger partial charge in [0.1, 0.15) is 5.75 Å². The Bertz CT molecular complexity index is 468. The second kappa shape index (κ2) is 6.61. The van der Waals surface area contributed by atoms with Crippen molar-refractivity contribution in [1.82, 2.24) is 15.1 Å². The van der Waals surface area contributed by atoms with Gasteiger partial charge in [0, 0.05) is 26.2 Å². The molecule has 5 nitrogen and oxygen atoms in total. The van der Waals surface area contributed by atoms with Crippen molar-refractivity contribution in [2.45, 2.75) is 13.8 Å². The van der Waals surface area contributed by atoms with Crippen LogP contribution < -0.4 is 10.1 Å². The quantitative estimate of drug-likeness (QED) is 0.854. The summed E-state index contributed by atoms with van der Waals surface area (Å²) in [6, 6.07) is 5.87. The van der Waals surface area contributed by atoms with Gasteiger partial charge in [-0.05, 0) is 38.1 Å². The smallest absolute Gasteiger partial charge is 0.320 e. The van der Waals surface area contributed by atoms with E-state index in [1.807, 2.05) is 36.9 Å². The number of hydrogen-bond acceptors (Lipinski definition) is 3. The molecule has 2 rings (SSSR count). The fraction of sp³-hybridized carbons (Fsp3) is 0.533. The van der Waals surface area contributed by atoms with Crippen molar-refractivity contribution in [3.63, 3.8) is 0 Å². The predicted molar refractivity (Wildman–Crippen MR) is 79.0 cm³/mol. The van der Waals surface area contributed by atoms with Crippen molar-refractivity contribution in [2.24, 2.45) is 0 Å². The molecule has 0 spiro atoms. The molecule has 2 amide bonds. The van der Waals surface area contributed by atoms with E-state index < -0.39 is 0 Å². The van der Waals surface area contributed by atoms with Crippen LogP contribution in [0.1, 0.15) is 11.1 Å². The van der Waals surface area contributed by atoms with Gasteiger partial charge in [0.2, 0.25) is 0 Å². The number of nitrogens with one attached hydrogen (secondary N) is 1. The van der Waals surface area contributed by atoms with E-state index in [9.17, 15) is 4.79 Å². The van der Waals surface area contributed by atoms with Crippen LogP contribution in [0.25, 0.3) is 0 Å². The second-order valence-corrected chi connectivity index (χ2v) is 5.26. The van der Waals surface area contributed by atoms with Crippen molar-refractivity contribution < 1.29 is 9.53 Å². The first-order chi connectivity index (χ1) is 9.58. The standard InChI is InChI=1S/C15H23N3O2/c1-12-5-4-6-14(13(12)2)20-11-16-15(19)18-9-7-17(3)8-10-18/h4-6H,7-11H2,1-3H3,(H,16,19). The van der Waals surface area contributed by atoms with Gasteiger partial charge >= 0.3 is 6.03 Å². The molecular formula is C15H23N3O2. The Balaban J connectivity index is 1.78. The summed E-state index contributed by atoms with van der Waals surface area (Å²) < 4.78 is 5.63. The Hall–Kier alpha value is -1.75. The first-order valence-corrected chi connectivity index (χ1v) is 6.98. The third-order valence-corrected chi connectivity index (χ3v) is 3.80. The Morgan fingerprint density at radius 2 is 1.95 bits per heavy atom. The van der Waals surface area contributed by atoms with Crippen LogP contribution in [-0.4, -0.2) is 55.8 Å². The maximum atomic E-state index is 12.0. The van der Waals surface area contributed by atoms with Crippen LogP contribution >= 0.6 is 0 Å². The molecule has 0 unspecified atom stereocenters. The zero-order valence-electron chi connectivity index (χ0n) is 12.5. The molecular weight excluding hydrogens is 254 g/mol. The number of carbonyl (C=O) groups is 1. The number of piperazine rings is 1. The van der Waals surface area contributed by atoms with Crippen LogP contribution in [0.3, 0.4) is 0 Å². The Labute approximate surface area is 120 Å². The molecule has 1 N–H and O–H groups in total. The first-order valence-electron chi connectivity index (χ1n) is 6.98. The third-order valence-electron chi connectivity index (χ3n) is 3.80. The molecule has 0 bridgehead atoms. The van der Waals surface area contributed by atoms with Gasteiger partial charge in [-0.15, -0.1) is 0 Å². The lowest BCUT2D eigenvalue weighted by Gasteiger charge is -2.32. The molecule has 0 saturated carbocycles. The molecule has 1 aliphatic rings. The average Bonchev–Trinajstić information content (AvgIpc) is 2.44. The summed E-state index contributed by atoms with van der Waals surface area (Å²) in [7, 11) is 2.07. The number of urea groups is 1. The number of nitrogens with zero attached hydrogens (tertiary/aromatic N) is 2. The summed E-state index contributed by atoms with van der Waals surface area (Å²) in [5.74, 6) is 0.823. The zero-order chi connectivity index (χ0) is 14.5. The highest BCUT2D eigenvalue weighted by Gasteiger charge is 2.18. The molecule has 20 heavy (non-hydrogen) atoms. The summed E-state index contributed by atoms with van der Waals surface area (Å²) in [6.45, 7) is 7.65. The molecule has 1 fully saturated rings. The van der Waals surface area contributed by atoms with Crippen molar-refractivity contribution in [2.75, 3.05) is 40.0 Å². The molecule has 0 atom stereocenters. The van der Waals surface area contributed by atoms with Gasteiger partial charge in [0.05, 0.1) is 0 Å². The number of aryl methyl sites for hydroxylation is 1. The molecule has 1 aromatic carbocycles. The van der Waals surface area contributed by atoms with Crippen molar-refractivity contribution >= 4 is 6.03 Å². The van der Waals surface area contributed by atoms with Crippen molar-refractivity contribution in [3.05, 3.63) is 29.3 Å². The van der Waals surface area contributed by atoms with E-state index in [-0.39, 0.29) is 12.8 Å². The van der Waals surface area contributed by atoms with E-state index in [4.69, 9.17) is 4.74 Å². The summed E-state index contributed by atoms with van der Waals surface area (Å²) in [4.78, 5) is 16.0. The Morgan fingerprint density at radius 3 is 2.65 bits per heavy atom. The largest absolute Gasteiger partial charge is 0.473 e. The molecule has 0 aromatic heterocycles. The lowest BCUT2D eigenvalue weighted by Crippen LogP contribution is -2.51. The van der Waals surface area contributed by atoms with Gasteiger partial charge in [0.25, 0.3) is 0 Å². The van der Waals surface area contributed by atoms with Gasteiger partial charge in [-0.1, -0.05) is 12.1 Å². The molecule has 1 aromatic rings. The number of likely N-dealkylation sites (N-methyl/N-ethyl adjacent to an activating group) is 1. The van der Waals surface area contributed by atoms with E-state index in [2.05, 4.69) is 17.3 Å². The fourth-order valence-corrected chi connectivity index (χ4v) is 2.18. The number of rotatable bonds is 3. The maximum absolute atomic E-state index is 12.0. The Morgan fingerprint density at radius 1 is 1.25 bits per heavy atom. The van der Waals surface area contributed by atoms with Gasteiger partial charge in [0.15, 0.2) is 6.73 Å². The minimum atomic E-state index is -0.0524. The minimum Gasteiger partial charge on any atom is -0.473 e. The normalized spacial score (nSPS) is 16.1. The molecule has 0 radical (unpaired) electrons. The lowest BCUT2D eigenvalue weighted by molar-refractivity contribution is 0.147. The summed E-state index contributed by atoms with van der Waals surface area (Å²) >= 11 is 0. The van der Waals surface area contributed by atoms with Gasteiger partial charge in [-0.25, -0.2) is 4.79 Å². The number of benzene rings is 1. The van der Waals surface area contributed by atoms with Crippen LogP contribution in [0.15, 0.2) is 18.2 Å². The summed E-state index contributed by atoms with van der Waals surface area (Å²) in [5, 5.41) is 2.81. The van der Waals surface area contributed by atoms with Crippen LogP contribution in [0, 0.1) is 13.8 Å². The highest BCUT2D eigenvalue weighted by molar-refractivity contribution is 5.74. The monoisotopic (exact) mass is 277 g/mol. The lowest BCUT2D eigenvalue weighted by atomic mass is 10.1. The zero-order valence-corrected chi connectivity index (χ0v) is 12.5. The number of carbonyl (C=O) groups excluding carboxylic acids is 1. The van der Waals surface area contributed by atoms with Crippen LogP contribution in [0.4, 0.5) is 4.79 Å². The predicted octanol–water partition coefficient (Wildman–Crippen LogP) is 1.60. The number of amides is 2. The third kappa shape index (κ3) is 3.63. The van der Waals surface area contributed by atoms with Crippen LogP contribution in [-0.2, 0) is 0 Å². The van der Waals surface area contributed by atoms with Crippen LogP contribution in [0.5, 0.6) is 5.75 Å². The highest BCUT2D eigenvalue weighted by Crippen LogP contribution is 2.20. The molecule has 110 valence electrons. The Kier molecular flexibility index (Phi) is 4.84. The van der Waals surface area contributed by atoms with E-state index in [1.165, 1.54) is 5.56 Å². The molecule has 1 heterocycles. The molecule has 5 heteroatoms. The highest BCUT2D eigenvalue weighted by atomic mass is 16.5. The fourth-order valence-electron chi connectivity index (χ4n) is 2.18. The SMILES string of the molecule is Cc1cccc(OCNC(=O)N2CCN(C)CC2)c1C. The minimum absolute atomic E-state index is 0.0524. The van der Waals surface area contributed by atoms with Gasteiger partial charge < -0.3 is 19.9 Å². The summed E-state index contributed by atoms with van der Waals surface area (Å²) in [6.07, 6.45) is 0. The number of hydrogen-bond donors (Lipinski definition) is 1. The topological polar surface area (TPSA) is 44.8 Å². The molecule has 1 saturated heterocycles. The van der Waals surface area contributed by atoms with E-state index >= 15 is 0 Å². The first kappa shape index (κ1) is 14.7. The second-order valence-electron chi connectivity index (χ2n) is 5.26. The van der Waals surface area contributed by atoms with Crippen LogP contribution in [0.2, 0.25) is 0 Å². The number of ether oxygens (including phenoxy) is 1. The van der Waals surface area contributed by atoms with Gasteiger partial charge in [-0.2, -0.15) is 0 Å². The van der Waals surface area contributed by atoms with Crippen molar-refractivity contribution in [1.29, 1.82) is 0 Å². The van der Waals surface area contributed by atoms with E-state index in [0.717, 1.165) is 37.5 Å². The van der Waals surface area contributed by atoms with Crippen molar-refractivity contribution in [3.8, 4) is 5.75 Å². The van der Waals surface area contributed by atoms with E-state index in [0.29, 0.717) is 0 Å². The van der Waals surface area contributed by atoms with Gasteiger partial charge in [-0.3, -0.25) is 0 Å². The maximum Gasteiger partial charge on any atom is 0.320 e. The molecule has 1 aliphatic heterocycles. The molecule has 0 aliphatic carbocycles. The van der Waals surface area contributed by atoms with E-state index in [1.54, 1.807) is 0 Å².